The molecule has 1 N–H and O–H groups in total. The standard InChI is InChI=1S/C16H18N6O2/c1-21-11-13(16(20-21)24-2)15(23)18-8-10-22-9-5-14(19-22)12-3-6-17-7-4-12/h3-7,9,11H,8,10H2,1-2H3,(H,18,23). The molecule has 0 aliphatic heterocycles. The van der Waals surface area contributed by atoms with Gasteiger partial charge < -0.3 is 10.1 Å². The summed E-state index contributed by atoms with van der Waals surface area (Å²) in [7, 11) is 3.23. The van der Waals surface area contributed by atoms with E-state index in [1.165, 1.54) is 7.11 Å². The Hall–Kier alpha value is -3.16. The van der Waals surface area contributed by atoms with E-state index in [4.69, 9.17) is 4.74 Å². The van der Waals surface area contributed by atoms with E-state index in [1.54, 1.807) is 35.0 Å². The molecule has 0 spiro atoms. The molecule has 3 aromatic heterocycles. The molecule has 0 saturated carbocycles. The molecule has 24 heavy (non-hydrogen) atoms. The van der Waals surface area contributed by atoms with E-state index in [1.807, 2.05) is 24.4 Å². The minimum Gasteiger partial charge on any atom is -0.479 e. The number of amides is 1. The number of nitrogens with zero attached hydrogens (tertiary/aromatic N) is 5. The summed E-state index contributed by atoms with van der Waals surface area (Å²) in [4.78, 5) is 16.2. The number of nitrogens with one attached hydrogen (secondary N) is 1. The molecule has 0 atom stereocenters. The number of aromatic nitrogens is 5. The number of hydrogen-bond donors (Lipinski definition) is 1. The first-order chi connectivity index (χ1) is 11.7. The smallest absolute Gasteiger partial charge is 0.258 e. The molecule has 0 aliphatic carbocycles. The molecule has 0 bridgehead atoms. The third-order valence-corrected chi connectivity index (χ3v) is 3.48. The Bertz CT molecular complexity index is 824. The van der Waals surface area contributed by atoms with Crippen molar-refractivity contribution in [2.24, 2.45) is 7.05 Å². The van der Waals surface area contributed by atoms with Crippen LogP contribution in [0.1, 0.15) is 10.4 Å². The highest BCUT2D eigenvalue weighted by atomic mass is 16.5. The Kier molecular flexibility index (Phi) is 4.55. The van der Waals surface area contributed by atoms with Gasteiger partial charge in [0.1, 0.15) is 5.56 Å². The number of carbonyl (C=O) groups is 1. The van der Waals surface area contributed by atoms with E-state index in [9.17, 15) is 4.79 Å². The second-order valence-electron chi connectivity index (χ2n) is 5.18. The summed E-state index contributed by atoms with van der Waals surface area (Å²) < 4.78 is 8.42. The maximum absolute atomic E-state index is 12.2. The van der Waals surface area contributed by atoms with E-state index >= 15 is 0 Å². The highest BCUT2D eigenvalue weighted by molar-refractivity contribution is 5.96. The van der Waals surface area contributed by atoms with Gasteiger partial charge in [-0.05, 0) is 18.2 Å². The van der Waals surface area contributed by atoms with E-state index in [0.717, 1.165) is 11.3 Å². The van der Waals surface area contributed by atoms with E-state index < -0.39 is 0 Å². The molecule has 3 rings (SSSR count). The number of pyridine rings is 1. The second kappa shape index (κ2) is 6.95. The topological polar surface area (TPSA) is 86.9 Å². The van der Waals surface area contributed by atoms with Crippen LogP contribution >= 0.6 is 0 Å². The van der Waals surface area contributed by atoms with Crippen LogP contribution in [0.15, 0.2) is 43.0 Å². The Morgan fingerprint density at radius 1 is 1.25 bits per heavy atom. The van der Waals surface area contributed by atoms with Crippen molar-refractivity contribution in [1.82, 2.24) is 29.9 Å². The minimum absolute atomic E-state index is 0.221. The Morgan fingerprint density at radius 2 is 2.04 bits per heavy atom. The van der Waals surface area contributed by atoms with Crippen molar-refractivity contribution in [3.63, 3.8) is 0 Å². The molecule has 8 heteroatoms. The summed E-state index contributed by atoms with van der Waals surface area (Å²) >= 11 is 0. The molecule has 0 aliphatic rings. The molecule has 0 unspecified atom stereocenters. The van der Waals surface area contributed by atoms with Crippen LogP contribution in [0.3, 0.4) is 0 Å². The van der Waals surface area contributed by atoms with Crippen molar-refractivity contribution >= 4 is 5.91 Å². The average molecular weight is 326 g/mol. The molecule has 3 heterocycles. The van der Waals surface area contributed by atoms with Crippen LogP contribution in [0.5, 0.6) is 5.88 Å². The van der Waals surface area contributed by atoms with Crippen molar-refractivity contribution in [3.8, 4) is 17.1 Å². The predicted octanol–water partition coefficient (Wildman–Crippen LogP) is 1.12. The largest absolute Gasteiger partial charge is 0.479 e. The molecule has 124 valence electrons. The van der Waals surface area contributed by atoms with Crippen LogP contribution in [-0.2, 0) is 13.6 Å². The highest BCUT2D eigenvalue weighted by Crippen LogP contribution is 2.15. The van der Waals surface area contributed by atoms with Crippen molar-refractivity contribution in [1.29, 1.82) is 0 Å². The van der Waals surface area contributed by atoms with Gasteiger partial charge in [-0.3, -0.25) is 19.1 Å². The van der Waals surface area contributed by atoms with E-state index in [2.05, 4.69) is 20.5 Å². The van der Waals surface area contributed by atoms with Crippen molar-refractivity contribution in [3.05, 3.63) is 48.5 Å². The van der Waals surface area contributed by atoms with Gasteiger partial charge in [-0.25, -0.2) is 0 Å². The lowest BCUT2D eigenvalue weighted by atomic mass is 10.2. The van der Waals surface area contributed by atoms with Gasteiger partial charge in [-0.15, -0.1) is 5.10 Å². The van der Waals surface area contributed by atoms with Crippen LogP contribution in [0.4, 0.5) is 0 Å². The van der Waals surface area contributed by atoms with Gasteiger partial charge in [0.25, 0.3) is 5.91 Å². The van der Waals surface area contributed by atoms with Crippen LogP contribution in [-0.4, -0.2) is 44.1 Å². The molecule has 0 aromatic carbocycles. The first kappa shape index (κ1) is 15.7. The highest BCUT2D eigenvalue weighted by Gasteiger charge is 2.15. The van der Waals surface area contributed by atoms with Crippen LogP contribution in [0, 0.1) is 0 Å². The maximum atomic E-state index is 12.2. The van der Waals surface area contributed by atoms with Crippen LogP contribution in [0.25, 0.3) is 11.3 Å². The van der Waals surface area contributed by atoms with Crippen molar-refractivity contribution < 1.29 is 9.53 Å². The lowest BCUT2D eigenvalue weighted by Gasteiger charge is -2.05. The molecule has 8 nitrogen and oxygen atoms in total. The monoisotopic (exact) mass is 326 g/mol. The van der Waals surface area contributed by atoms with Gasteiger partial charge in [-0.1, -0.05) is 0 Å². The second-order valence-corrected chi connectivity index (χ2v) is 5.18. The van der Waals surface area contributed by atoms with Gasteiger partial charge in [0.2, 0.25) is 5.88 Å². The normalized spacial score (nSPS) is 10.6. The zero-order valence-corrected chi connectivity index (χ0v) is 13.5. The first-order valence-corrected chi connectivity index (χ1v) is 7.47. The third-order valence-electron chi connectivity index (χ3n) is 3.48. The summed E-state index contributed by atoms with van der Waals surface area (Å²) in [5.74, 6) is 0.0931. The lowest BCUT2D eigenvalue weighted by molar-refractivity contribution is 0.0949. The predicted molar refractivity (Wildman–Crippen MR) is 87.6 cm³/mol. The maximum Gasteiger partial charge on any atom is 0.258 e. The van der Waals surface area contributed by atoms with Gasteiger partial charge in [0.05, 0.1) is 19.3 Å². The Morgan fingerprint density at radius 3 is 2.79 bits per heavy atom. The van der Waals surface area contributed by atoms with E-state index in [-0.39, 0.29) is 5.91 Å². The lowest BCUT2D eigenvalue weighted by Crippen LogP contribution is -2.27. The molecule has 0 radical (unpaired) electrons. The summed E-state index contributed by atoms with van der Waals surface area (Å²) in [6, 6.07) is 5.74. The average Bonchev–Trinajstić information content (AvgIpc) is 3.22. The van der Waals surface area contributed by atoms with Crippen molar-refractivity contribution in [2.75, 3.05) is 13.7 Å². The fraction of sp³-hybridized carbons (Fsp3) is 0.250. The molecule has 0 fully saturated rings. The van der Waals surface area contributed by atoms with Gasteiger partial charge in [0, 0.05) is 43.9 Å². The van der Waals surface area contributed by atoms with Crippen molar-refractivity contribution in [2.45, 2.75) is 6.54 Å². The molecule has 3 aromatic rings. The number of ether oxygens (including phenoxy) is 1. The number of carbonyl (C=O) groups excluding carboxylic acids is 1. The number of rotatable bonds is 6. The number of aryl methyl sites for hydroxylation is 1. The van der Waals surface area contributed by atoms with Crippen LogP contribution < -0.4 is 10.1 Å². The molecular weight excluding hydrogens is 308 g/mol. The number of hydrogen-bond acceptors (Lipinski definition) is 5. The summed E-state index contributed by atoms with van der Waals surface area (Å²) in [5.41, 5.74) is 2.29. The summed E-state index contributed by atoms with van der Waals surface area (Å²) in [5, 5.41) is 11.4. The fourth-order valence-electron chi connectivity index (χ4n) is 2.32. The number of methoxy groups -OCH3 is 1. The summed E-state index contributed by atoms with van der Waals surface area (Å²) in [6.07, 6.45) is 6.97. The Labute approximate surface area is 139 Å². The SMILES string of the molecule is COc1nn(C)cc1C(=O)NCCn1ccc(-c2ccncc2)n1. The van der Waals surface area contributed by atoms with Gasteiger partial charge in [-0.2, -0.15) is 5.10 Å². The third kappa shape index (κ3) is 3.43. The zero-order chi connectivity index (χ0) is 16.9. The fourth-order valence-corrected chi connectivity index (χ4v) is 2.32. The van der Waals surface area contributed by atoms with E-state index in [0.29, 0.717) is 24.5 Å². The molecule has 1 amide bonds. The van der Waals surface area contributed by atoms with Crippen LogP contribution in [0.2, 0.25) is 0 Å². The molecular formula is C16H18N6O2. The first-order valence-electron chi connectivity index (χ1n) is 7.47. The van der Waals surface area contributed by atoms with Gasteiger partial charge >= 0.3 is 0 Å². The van der Waals surface area contributed by atoms with Gasteiger partial charge in [0.15, 0.2) is 0 Å². The quantitative estimate of drug-likeness (QED) is 0.733. The zero-order valence-electron chi connectivity index (χ0n) is 13.5. The summed E-state index contributed by atoms with van der Waals surface area (Å²) in [6.45, 7) is 1.02. The minimum atomic E-state index is -0.221. The Balaban J connectivity index is 1.57. The molecule has 0 saturated heterocycles.